The van der Waals surface area contributed by atoms with Gasteiger partial charge in [0.1, 0.15) is 11.4 Å². The molecule has 22 heavy (non-hydrogen) atoms. The van der Waals surface area contributed by atoms with Crippen molar-refractivity contribution < 1.29 is 23.8 Å². The van der Waals surface area contributed by atoms with E-state index >= 15 is 0 Å². The normalized spacial score (nSPS) is 10.8. The number of methoxy groups -OCH3 is 1. The Morgan fingerprint density at radius 1 is 1.23 bits per heavy atom. The molecule has 0 aliphatic heterocycles. The van der Waals surface area contributed by atoms with Crippen molar-refractivity contribution in [3.63, 3.8) is 0 Å². The zero-order valence-electron chi connectivity index (χ0n) is 13.9. The van der Waals surface area contributed by atoms with E-state index in [9.17, 15) is 9.59 Å². The maximum atomic E-state index is 12.0. The predicted molar refractivity (Wildman–Crippen MR) is 83.3 cm³/mol. The number of nitrogens with zero attached hydrogens (tertiary/aromatic N) is 1. The summed E-state index contributed by atoms with van der Waals surface area (Å²) in [7, 11) is 2.94. The molecule has 6 heteroatoms. The summed E-state index contributed by atoms with van der Waals surface area (Å²) >= 11 is 0. The molecule has 0 aliphatic rings. The summed E-state index contributed by atoms with van der Waals surface area (Å²) in [6.45, 7) is 7.12. The second-order valence-electron chi connectivity index (χ2n) is 5.85. The fourth-order valence-corrected chi connectivity index (χ4v) is 1.64. The molecule has 0 spiro atoms. The van der Waals surface area contributed by atoms with E-state index in [1.807, 2.05) is 27.7 Å². The Morgan fingerprint density at radius 3 is 2.36 bits per heavy atom. The number of hydrogen-bond acceptors (Lipinski definition) is 5. The zero-order chi connectivity index (χ0) is 16.9. The first-order valence-corrected chi connectivity index (χ1v) is 6.91. The van der Waals surface area contributed by atoms with Crippen molar-refractivity contribution in [1.82, 2.24) is 0 Å². The fraction of sp³-hybridized carbons (Fsp3) is 0.500. The van der Waals surface area contributed by atoms with Gasteiger partial charge in [-0.15, -0.1) is 0 Å². The third-order valence-electron chi connectivity index (χ3n) is 2.79. The van der Waals surface area contributed by atoms with Crippen molar-refractivity contribution in [2.75, 3.05) is 25.7 Å². The number of amides is 1. The van der Waals surface area contributed by atoms with Crippen molar-refractivity contribution in [3.8, 4) is 5.75 Å². The first-order chi connectivity index (χ1) is 10.1. The molecule has 0 fully saturated rings. The Morgan fingerprint density at radius 2 is 1.86 bits per heavy atom. The van der Waals surface area contributed by atoms with Crippen molar-refractivity contribution in [2.45, 2.75) is 33.3 Å². The lowest BCUT2D eigenvalue weighted by Gasteiger charge is -2.25. The molecule has 0 atom stereocenters. The Hall–Kier alpha value is -2.24. The van der Waals surface area contributed by atoms with E-state index in [4.69, 9.17) is 9.47 Å². The van der Waals surface area contributed by atoms with E-state index in [1.54, 1.807) is 25.2 Å². The van der Waals surface area contributed by atoms with Crippen LogP contribution in [0.2, 0.25) is 0 Å². The number of aryl methyl sites for hydroxylation is 1. The second-order valence-corrected chi connectivity index (χ2v) is 5.85. The van der Waals surface area contributed by atoms with Crippen molar-refractivity contribution in [1.29, 1.82) is 0 Å². The molecular weight excluding hydrogens is 286 g/mol. The lowest BCUT2D eigenvalue weighted by atomic mass is 10.2. The lowest BCUT2D eigenvalue weighted by Crippen LogP contribution is -2.34. The molecule has 1 aromatic carbocycles. The number of rotatable bonds is 4. The summed E-state index contributed by atoms with van der Waals surface area (Å²) in [5.41, 5.74) is 0.929. The highest BCUT2D eigenvalue weighted by Gasteiger charge is 2.21. The number of anilines is 1. The Labute approximate surface area is 131 Å². The van der Waals surface area contributed by atoms with Gasteiger partial charge in [-0.1, -0.05) is 0 Å². The van der Waals surface area contributed by atoms with Gasteiger partial charge in [-0.3, -0.25) is 4.90 Å². The molecule has 0 bridgehead atoms. The van der Waals surface area contributed by atoms with Crippen LogP contribution in [-0.2, 0) is 14.3 Å². The summed E-state index contributed by atoms with van der Waals surface area (Å²) in [5, 5.41) is 0. The van der Waals surface area contributed by atoms with E-state index < -0.39 is 17.7 Å². The average molecular weight is 309 g/mol. The van der Waals surface area contributed by atoms with Crippen LogP contribution >= 0.6 is 0 Å². The van der Waals surface area contributed by atoms with Gasteiger partial charge in [0.05, 0.1) is 7.11 Å². The quantitative estimate of drug-likeness (QED) is 0.800. The smallest absolute Gasteiger partial charge is 0.414 e. The van der Waals surface area contributed by atoms with Crippen molar-refractivity contribution in [2.24, 2.45) is 0 Å². The van der Waals surface area contributed by atoms with E-state index in [0.717, 1.165) is 5.56 Å². The number of esters is 1. The summed E-state index contributed by atoms with van der Waals surface area (Å²) in [6, 6.07) is 5.22. The molecule has 0 radical (unpaired) electrons. The largest absolute Gasteiger partial charge is 0.482 e. The Bertz CT molecular complexity index is 548. The van der Waals surface area contributed by atoms with Gasteiger partial charge in [-0.05, 0) is 51.5 Å². The molecule has 0 unspecified atom stereocenters. The van der Waals surface area contributed by atoms with Crippen LogP contribution in [0.25, 0.3) is 0 Å². The highest BCUT2D eigenvalue weighted by molar-refractivity contribution is 5.87. The third-order valence-corrected chi connectivity index (χ3v) is 2.79. The number of ether oxygens (including phenoxy) is 3. The molecule has 0 saturated carbocycles. The fourth-order valence-electron chi connectivity index (χ4n) is 1.64. The van der Waals surface area contributed by atoms with E-state index in [2.05, 4.69) is 4.74 Å². The van der Waals surface area contributed by atoms with Gasteiger partial charge in [-0.25, -0.2) is 9.59 Å². The molecule has 0 saturated heterocycles. The lowest BCUT2D eigenvalue weighted by molar-refractivity contribution is -0.142. The molecule has 0 heterocycles. The number of benzene rings is 1. The van der Waals surface area contributed by atoms with Gasteiger partial charge in [0.25, 0.3) is 0 Å². The monoisotopic (exact) mass is 309 g/mol. The SMILES string of the molecule is COC(=O)COc1ccc(N(C)C(=O)OC(C)(C)C)cc1C. The van der Waals surface area contributed by atoms with E-state index in [0.29, 0.717) is 11.4 Å². The molecule has 1 amide bonds. The summed E-state index contributed by atoms with van der Waals surface area (Å²) in [6.07, 6.45) is -0.435. The van der Waals surface area contributed by atoms with Crippen LogP contribution in [-0.4, -0.2) is 38.4 Å². The molecule has 122 valence electrons. The van der Waals surface area contributed by atoms with Crippen LogP contribution in [0.4, 0.5) is 10.5 Å². The minimum absolute atomic E-state index is 0.154. The van der Waals surface area contributed by atoms with Gasteiger partial charge in [0.15, 0.2) is 6.61 Å². The van der Waals surface area contributed by atoms with Crippen LogP contribution in [0.3, 0.4) is 0 Å². The van der Waals surface area contributed by atoms with Gasteiger partial charge < -0.3 is 14.2 Å². The topological polar surface area (TPSA) is 65.1 Å². The second kappa shape index (κ2) is 7.15. The minimum atomic E-state index is -0.552. The summed E-state index contributed by atoms with van der Waals surface area (Å²) in [4.78, 5) is 24.5. The molecular formula is C16H23NO5. The molecule has 1 aromatic rings. The highest BCUT2D eigenvalue weighted by atomic mass is 16.6. The summed E-state index contributed by atoms with van der Waals surface area (Å²) in [5.74, 6) is 0.112. The third kappa shape index (κ3) is 5.27. The minimum Gasteiger partial charge on any atom is -0.482 e. The highest BCUT2D eigenvalue weighted by Crippen LogP contribution is 2.25. The molecule has 1 rings (SSSR count). The van der Waals surface area contributed by atoms with Crippen LogP contribution in [0.15, 0.2) is 18.2 Å². The first-order valence-electron chi connectivity index (χ1n) is 6.91. The molecule has 6 nitrogen and oxygen atoms in total. The van der Waals surface area contributed by atoms with Gasteiger partial charge in [-0.2, -0.15) is 0 Å². The zero-order valence-corrected chi connectivity index (χ0v) is 13.9. The standard InChI is InChI=1S/C16H23NO5/c1-11-9-12(17(5)15(19)22-16(2,3)4)7-8-13(11)21-10-14(18)20-6/h7-9H,10H2,1-6H3. The van der Waals surface area contributed by atoms with Gasteiger partial charge >= 0.3 is 12.1 Å². The maximum Gasteiger partial charge on any atom is 0.414 e. The van der Waals surface area contributed by atoms with Crippen LogP contribution in [0.1, 0.15) is 26.3 Å². The number of carbonyl (C=O) groups excluding carboxylic acids is 2. The van der Waals surface area contributed by atoms with Crippen molar-refractivity contribution >= 4 is 17.7 Å². The first kappa shape index (κ1) is 17.8. The molecule has 0 N–H and O–H groups in total. The number of hydrogen-bond donors (Lipinski definition) is 0. The Kier molecular flexibility index (Phi) is 5.79. The number of carbonyl (C=O) groups is 2. The van der Waals surface area contributed by atoms with Gasteiger partial charge in [0, 0.05) is 12.7 Å². The Balaban J connectivity index is 2.79. The molecule has 0 aliphatic carbocycles. The average Bonchev–Trinajstić information content (AvgIpc) is 2.42. The van der Waals surface area contributed by atoms with Crippen LogP contribution in [0, 0.1) is 6.92 Å². The predicted octanol–water partition coefficient (Wildman–Crippen LogP) is 2.92. The molecule has 0 aromatic heterocycles. The summed E-state index contributed by atoms with van der Waals surface area (Å²) < 4.78 is 15.2. The van der Waals surface area contributed by atoms with Gasteiger partial charge in [0.2, 0.25) is 0 Å². The van der Waals surface area contributed by atoms with E-state index in [1.165, 1.54) is 12.0 Å². The van der Waals surface area contributed by atoms with Crippen LogP contribution < -0.4 is 9.64 Å². The van der Waals surface area contributed by atoms with Crippen molar-refractivity contribution in [3.05, 3.63) is 23.8 Å². The van der Waals surface area contributed by atoms with Crippen LogP contribution in [0.5, 0.6) is 5.75 Å². The van der Waals surface area contributed by atoms with E-state index in [-0.39, 0.29) is 6.61 Å². The maximum absolute atomic E-state index is 12.0.